The predicted molar refractivity (Wildman–Crippen MR) is 332 cm³/mol. The summed E-state index contributed by atoms with van der Waals surface area (Å²) in [7, 11) is 0. The molecule has 12 aromatic carbocycles. The fraction of sp³-hybridized carbons (Fsp3) is 0.0137. The van der Waals surface area contributed by atoms with Crippen LogP contribution in [0.3, 0.4) is 0 Å². The van der Waals surface area contributed by atoms with Crippen molar-refractivity contribution >= 4 is 142 Å². The monoisotopic (exact) mass is 1070 g/mol. The minimum Gasteiger partial charge on any atom is -0.456 e. The highest BCUT2D eigenvalue weighted by Gasteiger charge is 2.31. The fourth-order valence-electron chi connectivity index (χ4n) is 14.0. The van der Waals surface area contributed by atoms with E-state index in [-0.39, 0.29) is 0 Å². The Kier molecular flexibility index (Phi) is 8.81. The summed E-state index contributed by atoms with van der Waals surface area (Å²) >= 11 is 3.46. The number of aromatic nitrogens is 3. The molecule has 6 heteroatoms. The van der Waals surface area contributed by atoms with Crippen molar-refractivity contribution in [2.24, 2.45) is 0 Å². The molecule has 0 fully saturated rings. The Labute approximate surface area is 459 Å². The number of nitrogens with zero attached hydrogens (tertiary/aromatic N) is 3. The molecule has 79 heavy (non-hydrogen) atoms. The van der Waals surface area contributed by atoms with E-state index >= 15 is 0 Å². The lowest BCUT2D eigenvalue weighted by molar-refractivity contribution is 0.668. The van der Waals surface area contributed by atoms with Crippen LogP contribution in [0.2, 0.25) is 0 Å². The van der Waals surface area contributed by atoms with Gasteiger partial charge in [0.1, 0.15) is 22.3 Å². The number of halogens is 1. The van der Waals surface area contributed by atoms with E-state index < -0.39 is 0 Å². The second kappa shape index (κ2) is 16.1. The summed E-state index contributed by atoms with van der Waals surface area (Å²) in [5, 5.41) is 15.0. The minimum atomic E-state index is 0.915. The van der Waals surface area contributed by atoms with Crippen molar-refractivity contribution in [3.8, 4) is 33.6 Å². The van der Waals surface area contributed by atoms with Gasteiger partial charge < -0.3 is 22.4 Å². The number of fused-ring (bicyclic) bond motifs is 16. The lowest BCUT2D eigenvalue weighted by Crippen LogP contribution is -1.96. The van der Waals surface area contributed by atoms with Crippen LogP contribution in [0.4, 0.5) is 0 Å². The molecule has 368 valence electrons. The lowest BCUT2D eigenvalue weighted by atomic mass is 9.93. The van der Waals surface area contributed by atoms with Gasteiger partial charge in [-0.2, -0.15) is 0 Å². The van der Waals surface area contributed by atoms with E-state index in [2.05, 4.69) is 230 Å². The number of benzene rings is 12. The summed E-state index contributed by atoms with van der Waals surface area (Å²) in [6.07, 6.45) is 1.04. The zero-order valence-electron chi connectivity index (χ0n) is 42.3. The van der Waals surface area contributed by atoms with Crippen molar-refractivity contribution in [2.45, 2.75) is 6.42 Å². The molecule has 0 atom stereocenters. The minimum absolute atomic E-state index is 0.915. The van der Waals surface area contributed by atoms with Crippen LogP contribution in [0.1, 0.15) is 11.1 Å². The van der Waals surface area contributed by atoms with Crippen molar-refractivity contribution < 1.29 is 8.83 Å². The van der Waals surface area contributed by atoms with Gasteiger partial charge in [0.2, 0.25) is 0 Å². The summed E-state index contributed by atoms with van der Waals surface area (Å²) in [6, 6.07) is 87.2. The molecule has 7 heterocycles. The first kappa shape index (κ1) is 43.2. The molecule has 18 aromatic rings. The smallest absolute Gasteiger partial charge is 0.135 e. The molecule has 0 amide bonds. The molecule has 0 saturated carbocycles. The Morgan fingerprint density at radius 2 is 0.823 bits per heavy atom. The molecule has 5 nitrogen and oxygen atoms in total. The van der Waals surface area contributed by atoms with E-state index in [4.69, 9.17) is 8.83 Å². The standard InChI is InChI=1S/C36H20N2O.C25H15N.C12H7BrO/c1-3-13-28-22(8-1)25-11-5-12-26-24-10-6-14-29-34(24)35-30(15-7-16-31(35)38(28)36(25)26)37(29)21-18-19-33-27(20-21)23-9-2-4-17-32(23)39-33;1-2-12-21-17(8-1)19-10-5-11-20-18-9-3-6-15-14-16-7-4-13-22(24(16)23(15)18)26(21)25(19)20;13-8-5-6-12-10(7-8)9-3-1-2-4-11(9)14-12/h1-20H;1-13H,14H2;1-7H. The van der Waals surface area contributed by atoms with Gasteiger partial charge in [-0.15, -0.1) is 0 Å². The van der Waals surface area contributed by atoms with Crippen molar-refractivity contribution in [3.05, 3.63) is 258 Å². The van der Waals surface area contributed by atoms with Crippen molar-refractivity contribution in [2.75, 3.05) is 0 Å². The average Bonchev–Trinajstić information content (AvgIpc) is 3.73. The molecular weight excluding hydrogens is 1030 g/mol. The van der Waals surface area contributed by atoms with Gasteiger partial charge in [0, 0.05) is 80.5 Å². The molecule has 2 aliphatic rings. The fourth-order valence-corrected chi connectivity index (χ4v) is 14.3. The number of hydrogen-bond donors (Lipinski definition) is 0. The third-order valence-electron chi connectivity index (χ3n) is 17.1. The van der Waals surface area contributed by atoms with E-state index in [1.54, 1.807) is 0 Å². The van der Waals surface area contributed by atoms with Crippen molar-refractivity contribution in [1.29, 1.82) is 0 Å². The molecule has 1 aliphatic carbocycles. The molecule has 0 spiro atoms. The average molecular weight is 1070 g/mol. The maximum absolute atomic E-state index is 6.16. The van der Waals surface area contributed by atoms with E-state index in [0.29, 0.717) is 0 Å². The highest BCUT2D eigenvalue weighted by atomic mass is 79.9. The molecule has 0 unspecified atom stereocenters. The molecule has 20 rings (SSSR count). The first-order valence-corrected chi connectivity index (χ1v) is 27.8. The van der Waals surface area contributed by atoms with E-state index in [1.807, 2.05) is 42.5 Å². The predicted octanol–water partition coefficient (Wildman–Crippen LogP) is 20.5. The summed E-state index contributed by atoms with van der Waals surface area (Å²) in [5.74, 6) is 0. The third-order valence-corrected chi connectivity index (χ3v) is 17.6. The molecular formula is C73H42BrN3O2. The van der Waals surface area contributed by atoms with Crippen LogP contribution in [0, 0.1) is 0 Å². The second-order valence-electron chi connectivity index (χ2n) is 21.2. The van der Waals surface area contributed by atoms with Gasteiger partial charge in [0.25, 0.3) is 0 Å². The first-order chi connectivity index (χ1) is 39.1. The molecule has 0 saturated heterocycles. The SMILES string of the molecule is Brc1ccc2oc3ccccc3c2c1.c1cc2c3c(c1)-c1cccc4c5ccccc5n(c14)-c1cccc(c1-3)C2.c1ccc2c(c1)oc1ccc(-n3c4cccc5c6cccc7c8ccccc8n(c8cccc3c8c54)c67)cc12. The van der Waals surface area contributed by atoms with Crippen LogP contribution in [0.15, 0.2) is 256 Å². The normalized spacial score (nSPS) is 12.6. The number of para-hydroxylation sites is 6. The Morgan fingerprint density at radius 3 is 1.61 bits per heavy atom. The zero-order chi connectivity index (χ0) is 51.6. The van der Waals surface area contributed by atoms with Crippen LogP contribution in [0.25, 0.3) is 159 Å². The van der Waals surface area contributed by atoms with Gasteiger partial charge in [0.05, 0.1) is 44.3 Å². The van der Waals surface area contributed by atoms with Gasteiger partial charge in [0.15, 0.2) is 0 Å². The Morgan fingerprint density at radius 1 is 0.316 bits per heavy atom. The zero-order valence-corrected chi connectivity index (χ0v) is 43.9. The van der Waals surface area contributed by atoms with Crippen molar-refractivity contribution in [1.82, 2.24) is 13.5 Å². The Hall–Kier alpha value is -9.88. The maximum Gasteiger partial charge on any atom is 0.135 e. The van der Waals surface area contributed by atoms with E-state index in [9.17, 15) is 0 Å². The van der Waals surface area contributed by atoms with E-state index in [0.717, 1.165) is 55.1 Å². The van der Waals surface area contributed by atoms with E-state index in [1.165, 1.54) is 126 Å². The first-order valence-electron chi connectivity index (χ1n) is 27.0. The summed E-state index contributed by atoms with van der Waals surface area (Å²) in [5.41, 5.74) is 23.5. The summed E-state index contributed by atoms with van der Waals surface area (Å²) < 4.78 is 20.3. The van der Waals surface area contributed by atoms with Crippen molar-refractivity contribution in [3.63, 3.8) is 0 Å². The number of rotatable bonds is 1. The summed E-state index contributed by atoms with van der Waals surface area (Å²) in [6.45, 7) is 0. The summed E-state index contributed by atoms with van der Waals surface area (Å²) in [4.78, 5) is 0. The maximum atomic E-state index is 6.16. The van der Waals surface area contributed by atoms with Gasteiger partial charge in [-0.05, 0) is 119 Å². The number of furan rings is 2. The molecule has 6 aromatic heterocycles. The van der Waals surface area contributed by atoms with Gasteiger partial charge in [-0.3, -0.25) is 0 Å². The van der Waals surface area contributed by atoms with Crippen LogP contribution < -0.4 is 0 Å². The van der Waals surface area contributed by atoms with Gasteiger partial charge in [-0.1, -0.05) is 174 Å². The van der Waals surface area contributed by atoms with Crippen LogP contribution in [0.5, 0.6) is 0 Å². The molecule has 0 N–H and O–H groups in total. The highest BCUT2D eigenvalue weighted by Crippen LogP contribution is 2.52. The topological polar surface area (TPSA) is 40.5 Å². The highest BCUT2D eigenvalue weighted by molar-refractivity contribution is 9.10. The van der Waals surface area contributed by atoms with Gasteiger partial charge >= 0.3 is 0 Å². The molecule has 0 radical (unpaired) electrons. The lowest BCUT2D eigenvalue weighted by Gasteiger charge is -2.12. The Balaban J connectivity index is 0.000000104. The molecule has 1 aliphatic heterocycles. The third kappa shape index (κ3) is 5.93. The van der Waals surface area contributed by atoms with Crippen LogP contribution >= 0.6 is 15.9 Å². The van der Waals surface area contributed by atoms with Gasteiger partial charge in [-0.25, -0.2) is 0 Å². The largest absolute Gasteiger partial charge is 0.456 e. The van der Waals surface area contributed by atoms with Crippen LogP contribution in [-0.4, -0.2) is 13.5 Å². The number of hydrogen-bond acceptors (Lipinski definition) is 2. The molecule has 0 bridgehead atoms. The second-order valence-corrected chi connectivity index (χ2v) is 22.1. The van der Waals surface area contributed by atoms with Crippen LogP contribution in [-0.2, 0) is 6.42 Å². The Bertz CT molecular complexity index is 5630. The quantitative estimate of drug-likeness (QED) is 0.164.